The van der Waals surface area contributed by atoms with Crippen LogP contribution >= 0.6 is 11.8 Å². The quantitative estimate of drug-likeness (QED) is 0.871. The van der Waals surface area contributed by atoms with E-state index in [-0.39, 0.29) is 11.2 Å². The molecule has 1 heterocycles. The van der Waals surface area contributed by atoms with E-state index in [9.17, 15) is 9.59 Å². The summed E-state index contributed by atoms with van der Waals surface area (Å²) in [7, 11) is 0. The number of amides is 1. The average Bonchev–Trinajstić information content (AvgIpc) is 2.37. The second kappa shape index (κ2) is 5.44. The van der Waals surface area contributed by atoms with Crippen molar-refractivity contribution in [3.8, 4) is 0 Å². The van der Waals surface area contributed by atoms with Crippen molar-refractivity contribution < 1.29 is 14.7 Å². The monoisotopic (exact) mass is 265 g/mol. The first-order chi connectivity index (χ1) is 8.59. The summed E-state index contributed by atoms with van der Waals surface area (Å²) < 4.78 is 0. The molecule has 0 unspecified atom stereocenters. The number of hydrogen-bond donors (Lipinski definition) is 2. The highest BCUT2D eigenvalue weighted by atomic mass is 32.2. The molecule has 5 heteroatoms. The summed E-state index contributed by atoms with van der Waals surface area (Å²) in [5.41, 5.74) is 2.18. The predicted octanol–water partition coefficient (Wildman–Crippen LogP) is 1.61. The number of carbonyl (C=O) groups excluding carboxylic acids is 1. The molecule has 0 bridgehead atoms. The highest BCUT2D eigenvalue weighted by Gasteiger charge is 2.28. The fourth-order valence-electron chi connectivity index (χ4n) is 1.96. The summed E-state index contributed by atoms with van der Waals surface area (Å²) in [6, 6.07) is 6.98. The minimum Gasteiger partial charge on any atom is -0.480 e. The molecule has 0 spiro atoms. The first-order valence-electron chi connectivity index (χ1n) is 5.82. The van der Waals surface area contributed by atoms with Crippen molar-refractivity contribution in [2.75, 3.05) is 5.75 Å². The summed E-state index contributed by atoms with van der Waals surface area (Å²) >= 11 is 1.56. The molecule has 0 aromatic heterocycles. The zero-order valence-corrected chi connectivity index (χ0v) is 10.9. The molecule has 18 heavy (non-hydrogen) atoms. The van der Waals surface area contributed by atoms with E-state index < -0.39 is 12.0 Å². The van der Waals surface area contributed by atoms with Gasteiger partial charge in [0.2, 0.25) is 5.91 Å². The Morgan fingerprint density at radius 2 is 2.17 bits per heavy atom. The number of thioether (sulfide) groups is 1. The van der Waals surface area contributed by atoms with Crippen molar-refractivity contribution in [3.05, 3.63) is 35.4 Å². The lowest BCUT2D eigenvalue weighted by Gasteiger charge is -2.25. The summed E-state index contributed by atoms with van der Waals surface area (Å²) in [5.74, 6) is -0.351. The lowest BCUT2D eigenvalue weighted by atomic mass is 10.0. The van der Waals surface area contributed by atoms with E-state index in [2.05, 4.69) is 5.32 Å². The van der Waals surface area contributed by atoms with Crippen molar-refractivity contribution in [2.45, 2.75) is 24.6 Å². The lowest BCUT2D eigenvalue weighted by Crippen LogP contribution is -2.41. The maximum atomic E-state index is 12.1. The molecule has 1 aliphatic heterocycles. The third-order valence-electron chi connectivity index (χ3n) is 2.96. The molecule has 2 rings (SSSR count). The number of benzene rings is 1. The van der Waals surface area contributed by atoms with Gasteiger partial charge < -0.3 is 10.4 Å². The molecule has 0 saturated heterocycles. The average molecular weight is 265 g/mol. The number of hydrogen-bond acceptors (Lipinski definition) is 3. The van der Waals surface area contributed by atoms with Gasteiger partial charge in [0.05, 0.1) is 0 Å². The number of nitrogens with one attached hydrogen (secondary N) is 1. The van der Waals surface area contributed by atoms with E-state index in [4.69, 9.17) is 5.11 Å². The lowest BCUT2D eigenvalue weighted by molar-refractivity contribution is -0.141. The van der Waals surface area contributed by atoms with Crippen LogP contribution in [0.2, 0.25) is 0 Å². The third kappa shape index (κ3) is 2.67. The van der Waals surface area contributed by atoms with E-state index in [1.165, 1.54) is 12.5 Å². The summed E-state index contributed by atoms with van der Waals surface area (Å²) in [6.45, 7) is 1.47. The molecular formula is C13H15NO3S. The maximum Gasteiger partial charge on any atom is 0.325 e. The smallest absolute Gasteiger partial charge is 0.325 e. The van der Waals surface area contributed by atoms with Crippen LogP contribution in [0.5, 0.6) is 0 Å². The van der Waals surface area contributed by atoms with Gasteiger partial charge in [0.15, 0.2) is 0 Å². The topological polar surface area (TPSA) is 66.4 Å². The fourth-order valence-corrected chi connectivity index (χ4v) is 3.16. The third-order valence-corrected chi connectivity index (χ3v) is 4.20. The van der Waals surface area contributed by atoms with Crippen LogP contribution in [0.25, 0.3) is 0 Å². The molecule has 4 nitrogen and oxygen atoms in total. The minimum absolute atomic E-state index is 0.220. The van der Waals surface area contributed by atoms with Gasteiger partial charge in [0, 0.05) is 0 Å². The zero-order valence-electron chi connectivity index (χ0n) is 10.1. The minimum atomic E-state index is -1.02. The standard InChI is InChI=1S/C13H15NO3S/c1-8(13(16)17)14-12(15)11-10-5-3-2-4-9(10)6-7-18-11/h2-5,8,11H,6-7H2,1H3,(H,14,15)(H,16,17)/t8-,11-/m1/s1. The van der Waals surface area contributed by atoms with Crippen LogP contribution in [0.15, 0.2) is 24.3 Å². The van der Waals surface area contributed by atoms with E-state index in [0.29, 0.717) is 0 Å². The van der Waals surface area contributed by atoms with E-state index in [1.807, 2.05) is 24.3 Å². The number of aliphatic carboxylic acids is 1. The van der Waals surface area contributed by atoms with Crippen molar-refractivity contribution in [2.24, 2.45) is 0 Å². The molecule has 0 saturated carbocycles. The molecule has 1 aliphatic rings. The Balaban J connectivity index is 2.15. The van der Waals surface area contributed by atoms with Gasteiger partial charge >= 0.3 is 5.97 Å². The summed E-state index contributed by atoms with van der Waals surface area (Å²) in [6.07, 6.45) is 0.957. The second-order valence-corrected chi connectivity index (χ2v) is 5.48. The SMILES string of the molecule is C[C@@H](NC(=O)[C@@H]1SCCc2ccccc21)C(=O)O. The van der Waals surface area contributed by atoms with Crippen LogP contribution in [0.3, 0.4) is 0 Å². The second-order valence-electron chi connectivity index (χ2n) is 4.27. The van der Waals surface area contributed by atoms with Crippen molar-refractivity contribution >= 4 is 23.6 Å². The molecule has 0 fully saturated rings. The number of fused-ring (bicyclic) bond motifs is 1. The zero-order chi connectivity index (χ0) is 13.1. The first kappa shape index (κ1) is 13.0. The Labute approximate surface area is 110 Å². The number of carboxylic acids is 1. The van der Waals surface area contributed by atoms with Crippen LogP contribution in [0.1, 0.15) is 23.3 Å². The molecule has 1 aromatic rings. The number of rotatable bonds is 3. The van der Waals surface area contributed by atoms with Crippen molar-refractivity contribution in [3.63, 3.8) is 0 Å². The molecule has 0 aliphatic carbocycles. The van der Waals surface area contributed by atoms with Crippen LogP contribution in [0, 0.1) is 0 Å². The maximum absolute atomic E-state index is 12.1. The van der Waals surface area contributed by atoms with Gasteiger partial charge in [0.1, 0.15) is 11.3 Å². The highest BCUT2D eigenvalue weighted by Crippen LogP contribution is 2.36. The molecule has 1 amide bonds. The van der Waals surface area contributed by atoms with Gasteiger partial charge in [-0.3, -0.25) is 9.59 Å². The molecule has 0 radical (unpaired) electrons. The Morgan fingerprint density at radius 1 is 1.44 bits per heavy atom. The Hall–Kier alpha value is -1.49. The number of aryl methyl sites for hydroxylation is 1. The molecule has 2 N–H and O–H groups in total. The van der Waals surface area contributed by atoms with Crippen LogP contribution in [-0.2, 0) is 16.0 Å². The largest absolute Gasteiger partial charge is 0.480 e. The van der Waals surface area contributed by atoms with E-state index >= 15 is 0 Å². The Kier molecular flexibility index (Phi) is 3.91. The van der Waals surface area contributed by atoms with Crippen LogP contribution in [0.4, 0.5) is 0 Å². The molecule has 96 valence electrons. The summed E-state index contributed by atoms with van der Waals surface area (Å²) in [5, 5.41) is 11.0. The van der Waals surface area contributed by atoms with Crippen LogP contribution < -0.4 is 5.32 Å². The fraction of sp³-hybridized carbons (Fsp3) is 0.385. The molecule has 1 aromatic carbocycles. The number of carbonyl (C=O) groups is 2. The highest BCUT2D eigenvalue weighted by molar-refractivity contribution is 8.00. The molecule has 2 atom stereocenters. The van der Waals surface area contributed by atoms with E-state index in [1.54, 1.807) is 11.8 Å². The van der Waals surface area contributed by atoms with Crippen molar-refractivity contribution in [1.29, 1.82) is 0 Å². The summed E-state index contributed by atoms with van der Waals surface area (Å²) in [4.78, 5) is 22.8. The van der Waals surface area contributed by atoms with Gasteiger partial charge in [-0.05, 0) is 30.2 Å². The van der Waals surface area contributed by atoms with E-state index in [0.717, 1.165) is 17.7 Å². The van der Waals surface area contributed by atoms with Gasteiger partial charge in [-0.25, -0.2) is 0 Å². The Morgan fingerprint density at radius 3 is 2.89 bits per heavy atom. The van der Waals surface area contributed by atoms with Gasteiger partial charge in [0.25, 0.3) is 0 Å². The van der Waals surface area contributed by atoms with Gasteiger partial charge in [-0.15, -0.1) is 11.8 Å². The van der Waals surface area contributed by atoms with Gasteiger partial charge in [-0.1, -0.05) is 24.3 Å². The first-order valence-corrected chi connectivity index (χ1v) is 6.87. The number of carboxylic acid groups (broad SMARTS) is 1. The molecular weight excluding hydrogens is 250 g/mol. The van der Waals surface area contributed by atoms with Gasteiger partial charge in [-0.2, -0.15) is 0 Å². The van der Waals surface area contributed by atoms with Crippen LogP contribution in [-0.4, -0.2) is 28.8 Å². The normalized spacial score (nSPS) is 19.7. The van der Waals surface area contributed by atoms with Crippen molar-refractivity contribution in [1.82, 2.24) is 5.32 Å². The Bertz CT molecular complexity index is 475. The predicted molar refractivity (Wildman–Crippen MR) is 70.6 cm³/mol.